The standard InChI is InChI=1S/C21H21N5O2S/c1-12-5-7-16(8-6-12)20-22-21(24-23-20)29-11-18(27)17-9-13(2)26(15(17)4)19-10-14(3)28-25-19/h5-10H,11H2,1-4H3,(H,22,23,24). The number of hydrogen-bond donors (Lipinski definition) is 1. The van der Waals surface area contributed by atoms with E-state index in [4.69, 9.17) is 4.52 Å². The smallest absolute Gasteiger partial charge is 0.209 e. The number of H-pyrrole nitrogens is 1. The van der Waals surface area contributed by atoms with Gasteiger partial charge in [-0.2, -0.15) is 0 Å². The van der Waals surface area contributed by atoms with E-state index >= 15 is 0 Å². The third kappa shape index (κ3) is 3.88. The van der Waals surface area contributed by atoms with Gasteiger partial charge in [-0.15, -0.1) is 5.10 Å². The van der Waals surface area contributed by atoms with Crippen molar-refractivity contribution in [2.45, 2.75) is 32.9 Å². The number of benzene rings is 1. The number of rotatable bonds is 6. The summed E-state index contributed by atoms with van der Waals surface area (Å²) in [5.74, 6) is 2.38. The van der Waals surface area contributed by atoms with Crippen LogP contribution in [-0.4, -0.2) is 36.4 Å². The number of thioether (sulfide) groups is 1. The van der Waals surface area contributed by atoms with Crippen LogP contribution in [0.2, 0.25) is 0 Å². The topological polar surface area (TPSA) is 89.6 Å². The van der Waals surface area contributed by atoms with E-state index in [2.05, 4.69) is 20.3 Å². The predicted octanol–water partition coefficient (Wildman–Crippen LogP) is 4.46. The van der Waals surface area contributed by atoms with E-state index in [0.717, 1.165) is 22.7 Å². The Kier molecular flexibility index (Phi) is 5.10. The van der Waals surface area contributed by atoms with Crippen molar-refractivity contribution in [3.05, 3.63) is 64.7 Å². The van der Waals surface area contributed by atoms with Gasteiger partial charge in [0.1, 0.15) is 5.76 Å². The molecule has 4 rings (SSSR count). The average molecular weight is 407 g/mol. The Morgan fingerprint density at radius 3 is 2.59 bits per heavy atom. The molecule has 1 aromatic carbocycles. The lowest BCUT2D eigenvalue weighted by atomic mass is 10.1. The first-order valence-electron chi connectivity index (χ1n) is 9.20. The average Bonchev–Trinajstić information content (AvgIpc) is 3.40. The summed E-state index contributed by atoms with van der Waals surface area (Å²) >= 11 is 1.32. The highest BCUT2D eigenvalue weighted by atomic mass is 32.2. The number of hydrogen-bond acceptors (Lipinski definition) is 6. The Morgan fingerprint density at radius 2 is 1.90 bits per heavy atom. The molecule has 0 aliphatic rings. The van der Waals surface area contributed by atoms with Gasteiger partial charge < -0.3 is 4.52 Å². The molecule has 0 aliphatic heterocycles. The lowest BCUT2D eigenvalue weighted by Crippen LogP contribution is -2.06. The largest absolute Gasteiger partial charge is 0.360 e. The predicted molar refractivity (Wildman–Crippen MR) is 112 cm³/mol. The van der Waals surface area contributed by atoms with Gasteiger partial charge in [-0.1, -0.05) is 46.7 Å². The van der Waals surface area contributed by atoms with Gasteiger partial charge in [0.25, 0.3) is 0 Å². The van der Waals surface area contributed by atoms with Crippen LogP contribution in [0.3, 0.4) is 0 Å². The fraction of sp³-hybridized carbons (Fsp3) is 0.238. The van der Waals surface area contributed by atoms with Crippen LogP contribution in [-0.2, 0) is 0 Å². The van der Waals surface area contributed by atoms with E-state index in [0.29, 0.717) is 22.4 Å². The minimum absolute atomic E-state index is 0.0243. The summed E-state index contributed by atoms with van der Waals surface area (Å²) in [6, 6.07) is 11.8. The number of aromatic nitrogens is 5. The van der Waals surface area contributed by atoms with E-state index in [1.165, 1.54) is 17.3 Å². The third-order valence-corrected chi connectivity index (χ3v) is 5.55. The fourth-order valence-corrected chi connectivity index (χ4v) is 3.90. The molecule has 0 radical (unpaired) electrons. The summed E-state index contributed by atoms with van der Waals surface area (Å²) in [5, 5.41) is 11.8. The zero-order chi connectivity index (χ0) is 20.5. The van der Waals surface area contributed by atoms with Gasteiger partial charge in [-0.05, 0) is 33.8 Å². The Labute approximate surface area is 172 Å². The first-order chi connectivity index (χ1) is 13.9. The molecule has 7 nitrogen and oxygen atoms in total. The summed E-state index contributed by atoms with van der Waals surface area (Å²) in [4.78, 5) is 17.3. The summed E-state index contributed by atoms with van der Waals surface area (Å²) in [5.41, 5.74) is 4.60. The molecule has 4 aromatic rings. The van der Waals surface area contributed by atoms with E-state index in [1.54, 1.807) is 0 Å². The SMILES string of the molecule is Cc1ccc(-c2nc(SCC(=O)c3cc(C)n(-c4cc(C)on4)c3C)n[nH]2)cc1. The molecule has 1 N–H and O–H groups in total. The molecule has 0 saturated heterocycles. The number of nitrogens with zero attached hydrogens (tertiary/aromatic N) is 4. The minimum Gasteiger partial charge on any atom is -0.360 e. The first kappa shape index (κ1) is 19.2. The lowest BCUT2D eigenvalue weighted by molar-refractivity contribution is 0.102. The molecule has 3 aromatic heterocycles. The molecule has 148 valence electrons. The van der Waals surface area contributed by atoms with E-state index in [9.17, 15) is 4.79 Å². The summed E-state index contributed by atoms with van der Waals surface area (Å²) in [6.45, 7) is 7.74. The van der Waals surface area contributed by atoms with Crippen molar-refractivity contribution in [1.29, 1.82) is 0 Å². The molecule has 0 fully saturated rings. The summed E-state index contributed by atoms with van der Waals surface area (Å²) < 4.78 is 7.10. The van der Waals surface area contributed by atoms with Gasteiger partial charge in [-0.3, -0.25) is 14.5 Å². The maximum Gasteiger partial charge on any atom is 0.209 e. The Balaban J connectivity index is 1.47. The fourth-order valence-electron chi connectivity index (χ4n) is 3.22. The van der Waals surface area contributed by atoms with Crippen molar-refractivity contribution in [3.8, 4) is 17.2 Å². The van der Waals surface area contributed by atoms with E-state index in [1.807, 2.05) is 68.7 Å². The van der Waals surface area contributed by atoms with Crippen LogP contribution in [0.4, 0.5) is 0 Å². The molecule has 0 aliphatic carbocycles. The summed E-state index contributed by atoms with van der Waals surface area (Å²) in [6.07, 6.45) is 0. The summed E-state index contributed by atoms with van der Waals surface area (Å²) in [7, 11) is 0. The number of carbonyl (C=O) groups is 1. The van der Waals surface area contributed by atoms with Gasteiger partial charge in [-0.25, -0.2) is 4.98 Å². The molecule has 3 heterocycles. The Morgan fingerprint density at radius 1 is 1.14 bits per heavy atom. The van der Waals surface area contributed by atoms with Crippen molar-refractivity contribution in [2.75, 3.05) is 5.75 Å². The Bertz CT molecular complexity index is 1170. The molecule has 0 spiro atoms. The van der Waals surface area contributed by atoms with E-state index < -0.39 is 0 Å². The molecular weight excluding hydrogens is 386 g/mol. The van der Waals surface area contributed by atoms with Gasteiger partial charge in [0.2, 0.25) is 5.16 Å². The number of ketones is 1. The van der Waals surface area contributed by atoms with Crippen LogP contribution in [0, 0.1) is 27.7 Å². The molecule has 0 unspecified atom stereocenters. The second-order valence-corrected chi connectivity index (χ2v) is 7.90. The third-order valence-electron chi connectivity index (χ3n) is 4.70. The van der Waals surface area contributed by atoms with Gasteiger partial charge in [0.15, 0.2) is 17.4 Å². The lowest BCUT2D eigenvalue weighted by Gasteiger charge is -2.04. The number of aromatic amines is 1. The van der Waals surface area contributed by atoms with Crippen LogP contribution >= 0.6 is 11.8 Å². The molecule has 29 heavy (non-hydrogen) atoms. The van der Waals surface area contributed by atoms with Crippen LogP contribution in [0.1, 0.15) is 33.1 Å². The van der Waals surface area contributed by atoms with Crippen molar-refractivity contribution in [1.82, 2.24) is 24.9 Å². The number of aryl methyl sites for hydroxylation is 3. The number of Topliss-reactive ketones (excluding diaryl/α,β-unsaturated/α-hetero) is 1. The Hall–Kier alpha value is -3.13. The first-order valence-corrected chi connectivity index (χ1v) is 10.2. The zero-order valence-corrected chi connectivity index (χ0v) is 17.5. The molecule has 0 atom stereocenters. The monoisotopic (exact) mass is 407 g/mol. The van der Waals surface area contributed by atoms with Crippen molar-refractivity contribution >= 4 is 17.5 Å². The maximum atomic E-state index is 12.8. The molecule has 0 saturated carbocycles. The number of nitrogens with one attached hydrogen (secondary N) is 1. The van der Waals surface area contributed by atoms with Gasteiger partial charge in [0.05, 0.1) is 5.75 Å². The highest BCUT2D eigenvalue weighted by molar-refractivity contribution is 7.99. The van der Waals surface area contributed by atoms with Gasteiger partial charge >= 0.3 is 0 Å². The van der Waals surface area contributed by atoms with Crippen LogP contribution in [0.15, 0.2) is 46.1 Å². The zero-order valence-electron chi connectivity index (χ0n) is 16.7. The molecule has 0 amide bonds. The maximum absolute atomic E-state index is 12.8. The van der Waals surface area contributed by atoms with Crippen LogP contribution in [0.25, 0.3) is 17.2 Å². The van der Waals surface area contributed by atoms with Crippen molar-refractivity contribution < 1.29 is 9.32 Å². The second-order valence-electron chi connectivity index (χ2n) is 6.96. The normalized spacial score (nSPS) is 11.2. The number of carbonyl (C=O) groups excluding carboxylic acids is 1. The highest BCUT2D eigenvalue weighted by Crippen LogP contribution is 2.24. The van der Waals surface area contributed by atoms with Crippen LogP contribution in [0.5, 0.6) is 0 Å². The van der Waals surface area contributed by atoms with Crippen LogP contribution < -0.4 is 0 Å². The molecule has 0 bridgehead atoms. The highest BCUT2D eigenvalue weighted by Gasteiger charge is 2.19. The van der Waals surface area contributed by atoms with E-state index in [-0.39, 0.29) is 11.5 Å². The minimum atomic E-state index is 0.0243. The van der Waals surface area contributed by atoms with Crippen molar-refractivity contribution in [3.63, 3.8) is 0 Å². The molecule has 8 heteroatoms. The molecular formula is C21H21N5O2S. The second kappa shape index (κ2) is 7.71. The van der Waals surface area contributed by atoms with Crippen molar-refractivity contribution in [2.24, 2.45) is 0 Å². The quantitative estimate of drug-likeness (QED) is 0.375. The van der Waals surface area contributed by atoms with Gasteiger partial charge in [0, 0.05) is 28.6 Å².